The lowest BCUT2D eigenvalue weighted by Gasteiger charge is -2.42. The molecule has 5 rings (SSSR count). The molecule has 2 aromatic carbocycles. The standard InChI is InChI=1S/C32H42Cl3N3O5S/c33-25-19-28(34)32(29(35)20-25)44(40,41)38-14-4-7-27(38)21-43-22-31(39)36-26-11-9-24(10-12-26)30(37-15-17-42-18-16-37)13-8-23-5-2-1-3-6-23/h1-3,5-6,19-20,24,26-27,30H,4,7-18,21-22H2,(H,36,39). The van der Waals surface area contributed by atoms with E-state index in [1.165, 1.54) is 22.0 Å². The smallest absolute Gasteiger partial charge is 0.246 e. The number of ether oxygens (including phenoxy) is 2. The van der Waals surface area contributed by atoms with Crippen molar-refractivity contribution in [3.05, 3.63) is 63.1 Å². The summed E-state index contributed by atoms with van der Waals surface area (Å²) in [6, 6.07) is 13.7. The molecule has 1 saturated carbocycles. The molecule has 2 saturated heterocycles. The number of nitrogens with one attached hydrogen (secondary N) is 1. The molecule has 1 N–H and O–H groups in total. The Morgan fingerprint density at radius 2 is 1.66 bits per heavy atom. The molecule has 2 aliphatic heterocycles. The van der Waals surface area contributed by atoms with E-state index in [1.54, 1.807) is 0 Å². The maximum atomic E-state index is 13.4. The van der Waals surface area contributed by atoms with Gasteiger partial charge in [-0.15, -0.1) is 0 Å². The highest BCUT2D eigenvalue weighted by Gasteiger charge is 2.38. The summed E-state index contributed by atoms with van der Waals surface area (Å²) < 4.78 is 39.6. The summed E-state index contributed by atoms with van der Waals surface area (Å²) in [6.07, 6.45) is 7.55. The third kappa shape index (κ3) is 8.68. The van der Waals surface area contributed by atoms with Crippen LogP contribution in [0.2, 0.25) is 15.1 Å². The van der Waals surface area contributed by atoms with Gasteiger partial charge in [-0.3, -0.25) is 9.69 Å². The van der Waals surface area contributed by atoms with Crippen molar-refractivity contribution in [1.82, 2.24) is 14.5 Å². The number of carbonyl (C=O) groups excluding carboxylic acids is 1. The number of amides is 1. The minimum Gasteiger partial charge on any atom is -0.379 e. The van der Waals surface area contributed by atoms with E-state index >= 15 is 0 Å². The van der Waals surface area contributed by atoms with Crippen LogP contribution >= 0.6 is 34.8 Å². The van der Waals surface area contributed by atoms with Crippen LogP contribution in [0.25, 0.3) is 0 Å². The van der Waals surface area contributed by atoms with Crippen molar-refractivity contribution in [2.24, 2.45) is 5.92 Å². The van der Waals surface area contributed by atoms with Crippen molar-refractivity contribution < 1.29 is 22.7 Å². The molecule has 12 heteroatoms. The minimum atomic E-state index is -3.96. The Labute approximate surface area is 276 Å². The second-order valence-corrected chi connectivity index (χ2v) is 15.1. The quantitative estimate of drug-likeness (QED) is 0.303. The number of hydrogen-bond acceptors (Lipinski definition) is 6. The van der Waals surface area contributed by atoms with Crippen LogP contribution in [0.5, 0.6) is 0 Å². The lowest BCUT2D eigenvalue weighted by molar-refractivity contribution is -0.127. The van der Waals surface area contributed by atoms with Gasteiger partial charge in [0.1, 0.15) is 11.5 Å². The summed E-state index contributed by atoms with van der Waals surface area (Å²) >= 11 is 18.4. The van der Waals surface area contributed by atoms with E-state index in [-0.39, 0.29) is 45.1 Å². The first kappa shape index (κ1) is 33.9. The van der Waals surface area contributed by atoms with Gasteiger partial charge in [-0.1, -0.05) is 65.1 Å². The predicted molar refractivity (Wildman–Crippen MR) is 174 cm³/mol. The molecule has 1 amide bonds. The van der Waals surface area contributed by atoms with Crippen molar-refractivity contribution in [1.29, 1.82) is 0 Å². The molecule has 0 radical (unpaired) electrons. The van der Waals surface area contributed by atoms with Gasteiger partial charge in [-0.2, -0.15) is 4.31 Å². The molecule has 0 aromatic heterocycles. The van der Waals surface area contributed by atoms with E-state index < -0.39 is 16.1 Å². The molecule has 242 valence electrons. The summed E-state index contributed by atoms with van der Waals surface area (Å²) in [5.74, 6) is 0.428. The SMILES string of the molecule is O=C(COCC1CCCN1S(=O)(=O)c1c(Cl)cc(Cl)cc1Cl)NC1CCC(C(CCc2ccccc2)N2CCOCC2)CC1. The van der Waals surface area contributed by atoms with Crippen molar-refractivity contribution in [2.45, 2.75) is 74.4 Å². The fourth-order valence-electron chi connectivity index (χ4n) is 6.97. The molecule has 0 bridgehead atoms. The van der Waals surface area contributed by atoms with Gasteiger partial charge < -0.3 is 14.8 Å². The molecule has 2 aromatic rings. The number of carbonyl (C=O) groups is 1. The average Bonchev–Trinajstić information content (AvgIpc) is 3.48. The van der Waals surface area contributed by atoms with Gasteiger partial charge in [-0.05, 0) is 75.0 Å². The van der Waals surface area contributed by atoms with Crippen LogP contribution in [-0.4, -0.2) is 87.7 Å². The molecule has 44 heavy (non-hydrogen) atoms. The molecule has 2 unspecified atom stereocenters. The number of hydrogen-bond donors (Lipinski definition) is 1. The van der Waals surface area contributed by atoms with Gasteiger partial charge in [0.25, 0.3) is 0 Å². The number of halogens is 3. The van der Waals surface area contributed by atoms with E-state index in [9.17, 15) is 13.2 Å². The molecule has 3 fully saturated rings. The van der Waals surface area contributed by atoms with Crippen molar-refractivity contribution in [3.8, 4) is 0 Å². The van der Waals surface area contributed by atoms with E-state index in [2.05, 4.69) is 40.5 Å². The lowest BCUT2D eigenvalue weighted by atomic mass is 9.79. The summed E-state index contributed by atoms with van der Waals surface area (Å²) in [5.41, 5.74) is 1.38. The van der Waals surface area contributed by atoms with Crippen LogP contribution in [0, 0.1) is 5.92 Å². The van der Waals surface area contributed by atoms with Crippen molar-refractivity contribution >= 4 is 50.7 Å². The number of morpholine rings is 1. The van der Waals surface area contributed by atoms with Crippen LogP contribution in [0.1, 0.15) is 50.5 Å². The number of sulfonamides is 1. The average molecular weight is 687 g/mol. The zero-order valence-corrected chi connectivity index (χ0v) is 28.0. The zero-order chi connectivity index (χ0) is 31.1. The van der Waals surface area contributed by atoms with E-state index in [1.807, 2.05) is 0 Å². The molecule has 8 nitrogen and oxygen atoms in total. The van der Waals surface area contributed by atoms with Gasteiger partial charge in [0.15, 0.2) is 0 Å². The Hall–Kier alpha value is -1.43. The topological polar surface area (TPSA) is 88.2 Å². The van der Waals surface area contributed by atoms with Crippen LogP contribution in [0.3, 0.4) is 0 Å². The Morgan fingerprint density at radius 3 is 2.34 bits per heavy atom. The maximum Gasteiger partial charge on any atom is 0.246 e. The van der Waals surface area contributed by atoms with Crippen molar-refractivity contribution in [2.75, 3.05) is 46.1 Å². The molecule has 3 aliphatic rings. The lowest BCUT2D eigenvalue weighted by Crippen LogP contribution is -2.49. The molecule has 0 spiro atoms. The van der Waals surface area contributed by atoms with Crippen LogP contribution < -0.4 is 5.32 Å². The highest BCUT2D eigenvalue weighted by Crippen LogP contribution is 2.37. The van der Waals surface area contributed by atoms with Crippen molar-refractivity contribution in [3.63, 3.8) is 0 Å². The highest BCUT2D eigenvalue weighted by atomic mass is 35.5. The second-order valence-electron chi connectivity index (χ2n) is 12.0. The molecule has 2 heterocycles. The molecule has 2 atom stereocenters. The normalized spacial score (nSPS) is 24.3. The highest BCUT2D eigenvalue weighted by molar-refractivity contribution is 7.89. The van der Waals surface area contributed by atoms with Gasteiger partial charge in [0.05, 0.1) is 29.9 Å². The fourth-order valence-corrected chi connectivity index (χ4v) is 10.2. The van der Waals surface area contributed by atoms with E-state index in [4.69, 9.17) is 44.3 Å². The number of rotatable bonds is 12. The second kappa shape index (κ2) is 15.9. The third-order valence-electron chi connectivity index (χ3n) is 9.16. The van der Waals surface area contributed by atoms with Gasteiger partial charge >= 0.3 is 0 Å². The Morgan fingerprint density at radius 1 is 0.977 bits per heavy atom. The third-order valence-corrected chi connectivity index (χ3v) is 12.3. The molecule has 1 aliphatic carbocycles. The number of nitrogens with zero attached hydrogens (tertiary/aromatic N) is 2. The number of aryl methyl sites for hydroxylation is 1. The Kier molecular flexibility index (Phi) is 12.3. The van der Waals surface area contributed by atoms with Crippen LogP contribution in [0.4, 0.5) is 0 Å². The summed E-state index contributed by atoms with van der Waals surface area (Å²) in [7, 11) is -3.96. The predicted octanol–water partition coefficient (Wildman–Crippen LogP) is 5.83. The maximum absolute atomic E-state index is 13.4. The van der Waals surface area contributed by atoms with E-state index in [0.29, 0.717) is 31.3 Å². The summed E-state index contributed by atoms with van der Waals surface area (Å²) in [6.45, 7) is 3.88. The van der Waals surface area contributed by atoms with Gasteiger partial charge in [-0.25, -0.2) is 8.42 Å². The summed E-state index contributed by atoms with van der Waals surface area (Å²) in [5, 5.41) is 3.38. The van der Waals surface area contributed by atoms with E-state index in [0.717, 1.165) is 64.8 Å². The minimum absolute atomic E-state index is 0.0179. The monoisotopic (exact) mass is 685 g/mol. The van der Waals surface area contributed by atoms with Crippen LogP contribution in [0.15, 0.2) is 47.4 Å². The first-order valence-corrected chi connectivity index (χ1v) is 18.2. The zero-order valence-electron chi connectivity index (χ0n) is 24.9. The first-order valence-electron chi connectivity index (χ1n) is 15.6. The fraction of sp³-hybridized carbons (Fsp3) is 0.594. The molecular formula is C32H42Cl3N3O5S. The summed E-state index contributed by atoms with van der Waals surface area (Å²) in [4.78, 5) is 15.3. The van der Waals surface area contributed by atoms with Crippen LogP contribution in [-0.2, 0) is 30.7 Å². The Bertz CT molecular complexity index is 1330. The molecular weight excluding hydrogens is 645 g/mol. The largest absolute Gasteiger partial charge is 0.379 e. The van der Waals surface area contributed by atoms with Gasteiger partial charge in [0, 0.05) is 42.8 Å². The van der Waals surface area contributed by atoms with Gasteiger partial charge in [0.2, 0.25) is 15.9 Å². The Balaban J connectivity index is 1.08. The first-order chi connectivity index (χ1) is 21.2. The number of benzene rings is 2.